The zero-order valence-corrected chi connectivity index (χ0v) is 12.3. The number of rotatable bonds is 4. The van der Waals surface area contributed by atoms with Gasteiger partial charge in [0.15, 0.2) is 0 Å². The molecule has 0 aliphatic rings. The van der Waals surface area contributed by atoms with E-state index in [2.05, 4.69) is 31.3 Å². The molecule has 0 atom stereocenters. The van der Waals surface area contributed by atoms with Crippen LogP contribution in [-0.4, -0.2) is 12.5 Å². The van der Waals surface area contributed by atoms with E-state index in [9.17, 15) is 4.79 Å². The zero-order chi connectivity index (χ0) is 14.5. The standard InChI is InChI=1S/C18H21NO/c1-13(2)12-19-18(20)16-9-10-17(14(3)11-16)15-7-5-4-6-8-15/h4-11,13H,12H2,1-3H3,(H,19,20). The van der Waals surface area contributed by atoms with Gasteiger partial charge < -0.3 is 5.32 Å². The SMILES string of the molecule is Cc1cc(C(=O)NCC(C)C)ccc1-c1ccccc1. The first-order chi connectivity index (χ1) is 9.58. The third-order valence-electron chi connectivity index (χ3n) is 3.24. The van der Waals surface area contributed by atoms with E-state index in [1.807, 2.05) is 43.3 Å². The lowest BCUT2D eigenvalue weighted by molar-refractivity contribution is 0.0949. The highest BCUT2D eigenvalue weighted by Gasteiger charge is 2.08. The van der Waals surface area contributed by atoms with Crippen LogP contribution in [0, 0.1) is 12.8 Å². The first kappa shape index (κ1) is 14.3. The van der Waals surface area contributed by atoms with Gasteiger partial charge in [-0.1, -0.05) is 50.2 Å². The molecule has 0 saturated carbocycles. The lowest BCUT2D eigenvalue weighted by Gasteiger charge is -2.10. The summed E-state index contributed by atoms with van der Waals surface area (Å²) < 4.78 is 0. The minimum Gasteiger partial charge on any atom is -0.352 e. The molecular weight excluding hydrogens is 246 g/mol. The van der Waals surface area contributed by atoms with Crippen LogP contribution in [-0.2, 0) is 0 Å². The maximum Gasteiger partial charge on any atom is 0.251 e. The Morgan fingerprint density at radius 3 is 2.40 bits per heavy atom. The number of hydrogen-bond acceptors (Lipinski definition) is 1. The fourth-order valence-electron chi connectivity index (χ4n) is 2.15. The number of nitrogens with one attached hydrogen (secondary N) is 1. The molecule has 0 unspecified atom stereocenters. The summed E-state index contributed by atoms with van der Waals surface area (Å²) in [5.41, 5.74) is 4.20. The molecule has 0 saturated heterocycles. The Labute approximate surface area is 120 Å². The van der Waals surface area contributed by atoms with Crippen LogP contribution in [0.2, 0.25) is 0 Å². The van der Waals surface area contributed by atoms with Gasteiger partial charge in [-0.2, -0.15) is 0 Å². The van der Waals surface area contributed by atoms with Crippen LogP contribution < -0.4 is 5.32 Å². The van der Waals surface area contributed by atoms with Crippen LogP contribution in [0.1, 0.15) is 29.8 Å². The summed E-state index contributed by atoms with van der Waals surface area (Å²) in [7, 11) is 0. The largest absolute Gasteiger partial charge is 0.352 e. The molecular formula is C18H21NO. The smallest absolute Gasteiger partial charge is 0.251 e. The van der Waals surface area contributed by atoms with Gasteiger partial charge in [0.05, 0.1) is 0 Å². The van der Waals surface area contributed by atoms with E-state index in [4.69, 9.17) is 0 Å². The van der Waals surface area contributed by atoms with Crippen molar-refractivity contribution in [1.82, 2.24) is 5.32 Å². The van der Waals surface area contributed by atoms with Crippen molar-refractivity contribution in [3.63, 3.8) is 0 Å². The summed E-state index contributed by atoms with van der Waals surface area (Å²) in [5.74, 6) is 0.463. The molecule has 104 valence electrons. The molecule has 2 rings (SSSR count). The van der Waals surface area contributed by atoms with E-state index in [1.165, 1.54) is 11.1 Å². The number of aryl methyl sites for hydroxylation is 1. The van der Waals surface area contributed by atoms with Gasteiger partial charge in [-0.15, -0.1) is 0 Å². The average molecular weight is 267 g/mol. The van der Waals surface area contributed by atoms with Crippen LogP contribution >= 0.6 is 0 Å². The topological polar surface area (TPSA) is 29.1 Å². The highest BCUT2D eigenvalue weighted by molar-refractivity contribution is 5.95. The number of carbonyl (C=O) groups is 1. The second-order valence-corrected chi connectivity index (χ2v) is 5.50. The van der Waals surface area contributed by atoms with Crippen molar-refractivity contribution in [2.24, 2.45) is 5.92 Å². The fourth-order valence-corrected chi connectivity index (χ4v) is 2.15. The molecule has 0 heterocycles. The predicted octanol–water partition coefficient (Wildman–Crippen LogP) is 4.05. The Bertz CT molecular complexity index is 588. The van der Waals surface area contributed by atoms with Gasteiger partial charge in [0.1, 0.15) is 0 Å². The van der Waals surface area contributed by atoms with Crippen molar-refractivity contribution in [3.8, 4) is 11.1 Å². The van der Waals surface area contributed by atoms with Crippen LogP contribution in [0.3, 0.4) is 0 Å². The zero-order valence-electron chi connectivity index (χ0n) is 12.3. The molecule has 20 heavy (non-hydrogen) atoms. The summed E-state index contributed by atoms with van der Waals surface area (Å²) in [6.45, 7) is 6.92. The van der Waals surface area contributed by atoms with E-state index in [0.717, 1.165) is 11.1 Å². The van der Waals surface area contributed by atoms with Gasteiger partial charge in [0, 0.05) is 12.1 Å². The molecule has 1 amide bonds. The van der Waals surface area contributed by atoms with Crippen molar-refractivity contribution in [2.45, 2.75) is 20.8 Å². The predicted molar refractivity (Wildman–Crippen MR) is 83.8 cm³/mol. The molecule has 0 radical (unpaired) electrons. The van der Waals surface area contributed by atoms with Crippen LogP contribution in [0.15, 0.2) is 48.5 Å². The van der Waals surface area contributed by atoms with Crippen molar-refractivity contribution < 1.29 is 4.79 Å². The van der Waals surface area contributed by atoms with Crippen LogP contribution in [0.5, 0.6) is 0 Å². The van der Waals surface area contributed by atoms with Gasteiger partial charge in [-0.3, -0.25) is 4.79 Å². The van der Waals surface area contributed by atoms with Gasteiger partial charge in [-0.25, -0.2) is 0 Å². The molecule has 0 aromatic heterocycles. The van der Waals surface area contributed by atoms with E-state index in [-0.39, 0.29) is 5.91 Å². The van der Waals surface area contributed by atoms with Crippen molar-refractivity contribution in [1.29, 1.82) is 0 Å². The number of carbonyl (C=O) groups excluding carboxylic acids is 1. The summed E-state index contributed by atoms with van der Waals surface area (Å²) in [4.78, 5) is 12.0. The third-order valence-corrected chi connectivity index (χ3v) is 3.24. The Balaban J connectivity index is 2.20. The quantitative estimate of drug-likeness (QED) is 0.889. The minimum absolute atomic E-state index is 0.00131. The maximum absolute atomic E-state index is 12.0. The second kappa shape index (κ2) is 6.38. The highest BCUT2D eigenvalue weighted by Crippen LogP contribution is 2.23. The molecule has 0 aliphatic carbocycles. The molecule has 0 aliphatic heterocycles. The summed E-state index contributed by atoms with van der Waals surface area (Å²) in [6.07, 6.45) is 0. The third kappa shape index (κ3) is 3.47. The van der Waals surface area contributed by atoms with Gasteiger partial charge in [0.2, 0.25) is 0 Å². The molecule has 2 aromatic rings. The minimum atomic E-state index is 0.00131. The molecule has 2 heteroatoms. The maximum atomic E-state index is 12.0. The first-order valence-corrected chi connectivity index (χ1v) is 7.02. The van der Waals surface area contributed by atoms with Crippen molar-refractivity contribution >= 4 is 5.91 Å². The monoisotopic (exact) mass is 267 g/mol. The Hall–Kier alpha value is -2.09. The van der Waals surface area contributed by atoms with E-state index in [0.29, 0.717) is 12.5 Å². The summed E-state index contributed by atoms with van der Waals surface area (Å²) in [5, 5.41) is 2.95. The number of benzene rings is 2. The lowest BCUT2D eigenvalue weighted by Crippen LogP contribution is -2.27. The summed E-state index contributed by atoms with van der Waals surface area (Å²) in [6, 6.07) is 16.1. The van der Waals surface area contributed by atoms with Gasteiger partial charge in [0.25, 0.3) is 5.91 Å². The summed E-state index contributed by atoms with van der Waals surface area (Å²) >= 11 is 0. The first-order valence-electron chi connectivity index (χ1n) is 7.02. The molecule has 0 fully saturated rings. The van der Waals surface area contributed by atoms with E-state index in [1.54, 1.807) is 0 Å². The van der Waals surface area contributed by atoms with Crippen molar-refractivity contribution in [3.05, 3.63) is 59.7 Å². The van der Waals surface area contributed by atoms with Gasteiger partial charge >= 0.3 is 0 Å². The number of hydrogen-bond donors (Lipinski definition) is 1. The average Bonchev–Trinajstić information content (AvgIpc) is 2.45. The van der Waals surface area contributed by atoms with Crippen molar-refractivity contribution in [2.75, 3.05) is 6.54 Å². The van der Waals surface area contributed by atoms with E-state index >= 15 is 0 Å². The molecule has 0 spiro atoms. The molecule has 2 aromatic carbocycles. The Morgan fingerprint density at radius 1 is 1.10 bits per heavy atom. The van der Waals surface area contributed by atoms with E-state index < -0.39 is 0 Å². The van der Waals surface area contributed by atoms with Crippen LogP contribution in [0.4, 0.5) is 0 Å². The van der Waals surface area contributed by atoms with Crippen LogP contribution in [0.25, 0.3) is 11.1 Å². The Morgan fingerprint density at radius 2 is 1.80 bits per heavy atom. The number of amides is 1. The fraction of sp³-hybridized carbons (Fsp3) is 0.278. The molecule has 0 bridgehead atoms. The lowest BCUT2D eigenvalue weighted by atomic mass is 9.98. The normalized spacial score (nSPS) is 10.6. The Kier molecular flexibility index (Phi) is 4.57. The second-order valence-electron chi connectivity index (χ2n) is 5.50. The molecule has 1 N–H and O–H groups in total. The van der Waals surface area contributed by atoms with Gasteiger partial charge in [-0.05, 0) is 41.7 Å². The molecule has 2 nitrogen and oxygen atoms in total. The highest BCUT2D eigenvalue weighted by atomic mass is 16.1.